The Hall–Kier alpha value is -1.98. The van der Waals surface area contributed by atoms with Crippen LogP contribution in [0, 0.1) is 11.7 Å². The van der Waals surface area contributed by atoms with Crippen molar-refractivity contribution < 1.29 is 14.3 Å². The summed E-state index contributed by atoms with van der Waals surface area (Å²) in [5.74, 6) is -0.129. The summed E-state index contributed by atoms with van der Waals surface area (Å²) in [6, 6.07) is 3.11. The van der Waals surface area contributed by atoms with Gasteiger partial charge in [0.25, 0.3) is 0 Å². The molecule has 0 aromatic heterocycles. The standard InChI is InChI=1S/C13H18FN3O2/c14-10-6-9(7-11(15)12(10)16)5-8-1-3-17(4-2-8)13(18)19/h6-8H,1-5,15-16H2,(H,18,19). The van der Waals surface area contributed by atoms with Gasteiger partial charge in [0.05, 0.1) is 11.4 Å². The summed E-state index contributed by atoms with van der Waals surface area (Å²) >= 11 is 0. The second-order valence-corrected chi connectivity index (χ2v) is 5.00. The van der Waals surface area contributed by atoms with E-state index in [-0.39, 0.29) is 11.4 Å². The number of hydrogen-bond acceptors (Lipinski definition) is 3. The van der Waals surface area contributed by atoms with Gasteiger partial charge in [0.15, 0.2) is 0 Å². The first-order chi connectivity index (χ1) is 8.97. The number of rotatable bonds is 2. The zero-order valence-electron chi connectivity index (χ0n) is 10.6. The van der Waals surface area contributed by atoms with Crippen molar-refractivity contribution in [1.82, 2.24) is 4.90 Å². The Morgan fingerprint density at radius 2 is 2.00 bits per heavy atom. The molecule has 1 aliphatic heterocycles. The summed E-state index contributed by atoms with van der Waals surface area (Å²) in [7, 11) is 0. The van der Waals surface area contributed by atoms with E-state index < -0.39 is 11.9 Å². The van der Waals surface area contributed by atoms with Crippen molar-refractivity contribution in [3.63, 3.8) is 0 Å². The van der Waals surface area contributed by atoms with Crippen molar-refractivity contribution in [1.29, 1.82) is 0 Å². The molecule has 1 heterocycles. The lowest BCUT2D eigenvalue weighted by molar-refractivity contribution is 0.124. The smallest absolute Gasteiger partial charge is 0.407 e. The maximum absolute atomic E-state index is 13.5. The molecule has 5 N–H and O–H groups in total. The highest BCUT2D eigenvalue weighted by atomic mass is 19.1. The quantitative estimate of drug-likeness (QED) is 0.714. The van der Waals surface area contributed by atoms with Gasteiger partial charge in [-0.25, -0.2) is 9.18 Å². The SMILES string of the molecule is Nc1cc(CC2CCN(C(=O)O)CC2)cc(F)c1N. The molecule has 5 nitrogen and oxygen atoms in total. The number of nitrogens with two attached hydrogens (primary N) is 2. The van der Waals surface area contributed by atoms with E-state index in [2.05, 4.69) is 0 Å². The molecule has 1 aromatic carbocycles. The van der Waals surface area contributed by atoms with Crippen molar-refractivity contribution in [3.05, 3.63) is 23.5 Å². The van der Waals surface area contributed by atoms with E-state index in [1.54, 1.807) is 6.07 Å². The number of carboxylic acid groups (broad SMARTS) is 1. The molecule has 1 amide bonds. The lowest BCUT2D eigenvalue weighted by Gasteiger charge is -2.30. The van der Waals surface area contributed by atoms with Gasteiger partial charge in [-0.3, -0.25) is 0 Å². The summed E-state index contributed by atoms with van der Waals surface area (Å²) in [5.41, 5.74) is 12.2. The van der Waals surface area contributed by atoms with Crippen molar-refractivity contribution in [2.75, 3.05) is 24.6 Å². The van der Waals surface area contributed by atoms with E-state index in [1.165, 1.54) is 11.0 Å². The first kappa shape index (κ1) is 13.5. The van der Waals surface area contributed by atoms with Gasteiger partial charge in [0.2, 0.25) is 0 Å². The fourth-order valence-corrected chi connectivity index (χ4v) is 2.48. The summed E-state index contributed by atoms with van der Waals surface area (Å²) in [4.78, 5) is 12.2. The van der Waals surface area contributed by atoms with Crippen LogP contribution in [0.2, 0.25) is 0 Å². The second kappa shape index (κ2) is 5.34. The Morgan fingerprint density at radius 1 is 1.37 bits per heavy atom. The monoisotopic (exact) mass is 267 g/mol. The van der Waals surface area contributed by atoms with Crippen LogP contribution in [0.4, 0.5) is 20.6 Å². The minimum Gasteiger partial charge on any atom is -0.465 e. The number of halogens is 1. The van der Waals surface area contributed by atoms with Crippen LogP contribution in [0.1, 0.15) is 18.4 Å². The molecular formula is C13H18FN3O2. The number of nitrogen functional groups attached to an aromatic ring is 2. The molecule has 1 fully saturated rings. The van der Waals surface area contributed by atoms with Crippen molar-refractivity contribution >= 4 is 17.5 Å². The van der Waals surface area contributed by atoms with Crippen molar-refractivity contribution in [2.45, 2.75) is 19.3 Å². The van der Waals surface area contributed by atoms with Crippen LogP contribution in [0.15, 0.2) is 12.1 Å². The average molecular weight is 267 g/mol. The average Bonchev–Trinajstić information content (AvgIpc) is 2.36. The van der Waals surface area contributed by atoms with Gasteiger partial charge in [-0.1, -0.05) is 0 Å². The summed E-state index contributed by atoms with van der Waals surface area (Å²) in [6.45, 7) is 1.07. The Bertz CT molecular complexity index is 462. The first-order valence-corrected chi connectivity index (χ1v) is 6.28. The Morgan fingerprint density at radius 3 is 2.53 bits per heavy atom. The molecule has 1 aromatic rings. The molecule has 2 rings (SSSR count). The van der Waals surface area contributed by atoms with Crippen LogP contribution in [0.5, 0.6) is 0 Å². The number of benzene rings is 1. The van der Waals surface area contributed by atoms with E-state index in [0.29, 0.717) is 25.4 Å². The van der Waals surface area contributed by atoms with Gasteiger partial charge in [-0.15, -0.1) is 0 Å². The van der Waals surface area contributed by atoms with Crippen LogP contribution in [0.25, 0.3) is 0 Å². The van der Waals surface area contributed by atoms with Gasteiger partial charge >= 0.3 is 6.09 Å². The molecular weight excluding hydrogens is 249 g/mol. The third-order valence-electron chi connectivity index (χ3n) is 3.63. The highest BCUT2D eigenvalue weighted by Gasteiger charge is 2.22. The molecule has 1 saturated heterocycles. The maximum Gasteiger partial charge on any atom is 0.407 e. The largest absolute Gasteiger partial charge is 0.465 e. The first-order valence-electron chi connectivity index (χ1n) is 6.28. The molecule has 0 unspecified atom stereocenters. The van der Waals surface area contributed by atoms with Crippen LogP contribution in [0.3, 0.4) is 0 Å². The molecule has 0 saturated carbocycles. The minimum absolute atomic E-state index is 0.00977. The zero-order chi connectivity index (χ0) is 14.0. The number of anilines is 2. The van der Waals surface area contributed by atoms with Crippen LogP contribution in [-0.2, 0) is 6.42 Å². The normalized spacial score (nSPS) is 16.6. The van der Waals surface area contributed by atoms with E-state index in [0.717, 1.165) is 18.4 Å². The van der Waals surface area contributed by atoms with Crippen LogP contribution in [-0.4, -0.2) is 29.2 Å². The van der Waals surface area contributed by atoms with Crippen LogP contribution < -0.4 is 11.5 Å². The summed E-state index contributed by atoms with van der Waals surface area (Å²) in [6.07, 6.45) is 1.41. The molecule has 0 spiro atoms. The lowest BCUT2D eigenvalue weighted by Crippen LogP contribution is -2.37. The van der Waals surface area contributed by atoms with Gasteiger partial charge in [-0.2, -0.15) is 0 Å². The molecule has 6 heteroatoms. The Balaban J connectivity index is 1.98. The number of piperidine rings is 1. The molecule has 0 atom stereocenters. The van der Waals surface area contributed by atoms with Crippen molar-refractivity contribution in [2.24, 2.45) is 5.92 Å². The molecule has 1 aliphatic rings. The lowest BCUT2D eigenvalue weighted by atomic mass is 9.90. The highest BCUT2D eigenvalue weighted by molar-refractivity contribution is 5.65. The number of nitrogens with zero attached hydrogens (tertiary/aromatic N) is 1. The van der Waals surface area contributed by atoms with E-state index in [9.17, 15) is 9.18 Å². The summed E-state index contributed by atoms with van der Waals surface area (Å²) in [5, 5.41) is 8.86. The van der Waals surface area contributed by atoms with Gasteiger partial charge in [0.1, 0.15) is 5.82 Å². The van der Waals surface area contributed by atoms with Gasteiger partial charge in [0, 0.05) is 13.1 Å². The zero-order valence-corrected chi connectivity index (χ0v) is 10.6. The molecule has 0 radical (unpaired) electrons. The number of likely N-dealkylation sites (tertiary alicyclic amines) is 1. The van der Waals surface area contributed by atoms with E-state index in [1.807, 2.05) is 0 Å². The fourth-order valence-electron chi connectivity index (χ4n) is 2.48. The third kappa shape index (κ3) is 3.07. The second-order valence-electron chi connectivity index (χ2n) is 5.00. The van der Waals surface area contributed by atoms with Gasteiger partial charge < -0.3 is 21.5 Å². The highest BCUT2D eigenvalue weighted by Crippen LogP contribution is 2.26. The molecule has 104 valence electrons. The topological polar surface area (TPSA) is 92.6 Å². The number of carbonyl (C=O) groups is 1. The number of amides is 1. The van der Waals surface area contributed by atoms with E-state index in [4.69, 9.17) is 16.6 Å². The Labute approximate surface area is 111 Å². The number of hydrogen-bond donors (Lipinski definition) is 3. The third-order valence-corrected chi connectivity index (χ3v) is 3.63. The predicted molar refractivity (Wildman–Crippen MR) is 71.3 cm³/mol. The van der Waals surface area contributed by atoms with Gasteiger partial charge in [-0.05, 0) is 42.9 Å². The minimum atomic E-state index is -0.874. The predicted octanol–water partition coefficient (Wildman–Crippen LogP) is 1.92. The molecule has 0 bridgehead atoms. The Kier molecular flexibility index (Phi) is 3.78. The van der Waals surface area contributed by atoms with Crippen LogP contribution >= 0.6 is 0 Å². The molecule has 19 heavy (non-hydrogen) atoms. The summed E-state index contributed by atoms with van der Waals surface area (Å²) < 4.78 is 13.5. The van der Waals surface area contributed by atoms with Crippen molar-refractivity contribution in [3.8, 4) is 0 Å². The van der Waals surface area contributed by atoms with E-state index >= 15 is 0 Å². The fraction of sp³-hybridized carbons (Fsp3) is 0.462. The maximum atomic E-state index is 13.5. The molecule has 0 aliphatic carbocycles.